The molecule has 2 aliphatic heterocycles. The second kappa shape index (κ2) is 7.04. The summed E-state index contributed by atoms with van der Waals surface area (Å²) in [6.07, 6.45) is 1.87. The van der Waals surface area contributed by atoms with Crippen LogP contribution in [0.25, 0.3) is 0 Å². The summed E-state index contributed by atoms with van der Waals surface area (Å²) >= 11 is 0. The number of rotatable bonds is 3. The summed E-state index contributed by atoms with van der Waals surface area (Å²) in [5.74, 6) is 0.242. The number of piperidine rings is 1. The van der Waals surface area contributed by atoms with Gasteiger partial charge in [0.2, 0.25) is 5.91 Å². The number of ether oxygens (including phenoxy) is 1. The fraction of sp³-hybridized carbons (Fsp3) is 0.857. The molecular weight excluding hydrogens is 258 g/mol. The summed E-state index contributed by atoms with van der Waals surface area (Å²) in [5.41, 5.74) is 0. The van der Waals surface area contributed by atoms with Gasteiger partial charge in [-0.15, -0.1) is 0 Å². The maximum Gasteiger partial charge on any atom is 0.319 e. The Bertz CT molecular complexity index is 354. The molecular formula is C14H25N3O3. The number of piperazine rings is 1. The molecule has 1 amide bonds. The Kier molecular flexibility index (Phi) is 5.37. The molecule has 6 heteroatoms. The molecule has 0 radical (unpaired) electrons. The zero-order chi connectivity index (χ0) is 14.5. The monoisotopic (exact) mass is 283 g/mol. The molecule has 2 fully saturated rings. The Morgan fingerprint density at radius 1 is 1.25 bits per heavy atom. The van der Waals surface area contributed by atoms with Crippen molar-refractivity contribution in [3.8, 4) is 0 Å². The molecule has 20 heavy (non-hydrogen) atoms. The number of hydrogen-bond donors (Lipinski definition) is 1. The van der Waals surface area contributed by atoms with Crippen molar-refractivity contribution in [2.45, 2.75) is 25.8 Å². The molecule has 1 N–H and O–H groups in total. The Morgan fingerprint density at radius 2 is 1.95 bits per heavy atom. The second-order valence-electron chi connectivity index (χ2n) is 5.75. The molecule has 2 heterocycles. The molecule has 2 rings (SSSR count). The summed E-state index contributed by atoms with van der Waals surface area (Å²) in [4.78, 5) is 27.7. The van der Waals surface area contributed by atoms with Crippen LogP contribution in [0.4, 0.5) is 0 Å². The fourth-order valence-electron chi connectivity index (χ4n) is 2.99. The van der Waals surface area contributed by atoms with E-state index in [1.165, 1.54) is 7.11 Å². The second-order valence-corrected chi connectivity index (χ2v) is 5.75. The van der Waals surface area contributed by atoms with Gasteiger partial charge in [-0.05, 0) is 26.3 Å². The normalized spacial score (nSPS) is 28.2. The van der Waals surface area contributed by atoms with Crippen molar-refractivity contribution >= 4 is 11.9 Å². The largest absolute Gasteiger partial charge is 0.468 e. The quantitative estimate of drug-likeness (QED) is 0.720. The maximum absolute atomic E-state index is 12.5. The van der Waals surface area contributed by atoms with Crippen LogP contribution in [0.2, 0.25) is 0 Å². The van der Waals surface area contributed by atoms with Gasteiger partial charge in [0.15, 0.2) is 0 Å². The standard InChI is InChI=1S/C14H25N3O3/c1-11-9-12(3-4-15-11)14(19)17-7-5-16(6-8-17)10-13(18)20-2/h11-12,15H,3-10H2,1-2H3. The highest BCUT2D eigenvalue weighted by atomic mass is 16.5. The molecule has 0 aromatic rings. The highest BCUT2D eigenvalue weighted by Crippen LogP contribution is 2.19. The first-order valence-corrected chi connectivity index (χ1v) is 7.41. The van der Waals surface area contributed by atoms with E-state index in [2.05, 4.69) is 17.0 Å². The fourth-order valence-corrected chi connectivity index (χ4v) is 2.99. The van der Waals surface area contributed by atoms with Crippen LogP contribution in [0.3, 0.4) is 0 Å². The van der Waals surface area contributed by atoms with Crippen molar-refractivity contribution in [3.63, 3.8) is 0 Å². The van der Waals surface area contributed by atoms with Gasteiger partial charge in [-0.3, -0.25) is 14.5 Å². The molecule has 2 aliphatic rings. The van der Waals surface area contributed by atoms with Gasteiger partial charge in [-0.25, -0.2) is 0 Å². The highest BCUT2D eigenvalue weighted by Gasteiger charge is 2.30. The third-order valence-electron chi connectivity index (χ3n) is 4.24. The van der Waals surface area contributed by atoms with Gasteiger partial charge in [-0.2, -0.15) is 0 Å². The van der Waals surface area contributed by atoms with Crippen LogP contribution >= 0.6 is 0 Å². The van der Waals surface area contributed by atoms with Crippen molar-refractivity contribution in [1.82, 2.24) is 15.1 Å². The molecule has 6 nitrogen and oxygen atoms in total. The molecule has 2 atom stereocenters. The minimum Gasteiger partial charge on any atom is -0.468 e. The van der Waals surface area contributed by atoms with Gasteiger partial charge in [0.1, 0.15) is 0 Å². The van der Waals surface area contributed by atoms with Crippen molar-refractivity contribution in [1.29, 1.82) is 0 Å². The summed E-state index contributed by atoms with van der Waals surface area (Å²) in [5, 5.41) is 3.37. The van der Waals surface area contributed by atoms with E-state index < -0.39 is 0 Å². The molecule has 2 saturated heterocycles. The van der Waals surface area contributed by atoms with Crippen LogP contribution in [0.15, 0.2) is 0 Å². The minimum absolute atomic E-state index is 0.165. The molecule has 0 bridgehead atoms. The number of carbonyl (C=O) groups is 2. The number of hydrogen-bond acceptors (Lipinski definition) is 5. The number of nitrogens with zero attached hydrogens (tertiary/aromatic N) is 2. The number of carbonyl (C=O) groups excluding carboxylic acids is 2. The smallest absolute Gasteiger partial charge is 0.319 e. The van der Waals surface area contributed by atoms with Crippen LogP contribution in [0.1, 0.15) is 19.8 Å². The van der Waals surface area contributed by atoms with E-state index in [1.54, 1.807) is 0 Å². The SMILES string of the molecule is COC(=O)CN1CCN(C(=O)C2CCNC(C)C2)CC1. The predicted octanol–water partition coefficient (Wildman–Crippen LogP) is -0.308. The van der Waals surface area contributed by atoms with Crippen LogP contribution in [-0.4, -0.2) is 74.1 Å². The Hall–Kier alpha value is -1.14. The van der Waals surface area contributed by atoms with Crippen LogP contribution < -0.4 is 5.32 Å². The number of methoxy groups -OCH3 is 1. The van der Waals surface area contributed by atoms with Crippen LogP contribution in [0.5, 0.6) is 0 Å². The molecule has 0 aliphatic carbocycles. The third-order valence-corrected chi connectivity index (χ3v) is 4.24. The lowest BCUT2D eigenvalue weighted by molar-refractivity contribution is -0.143. The van der Waals surface area contributed by atoms with E-state index in [0.717, 1.165) is 32.5 Å². The van der Waals surface area contributed by atoms with E-state index in [0.29, 0.717) is 25.7 Å². The summed E-state index contributed by atoms with van der Waals surface area (Å²) in [6, 6.07) is 0.429. The highest BCUT2D eigenvalue weighted by molar-refractivity contribution is 5.79. The van der Waals surface area contributed by atoms with E-state index >= 15 is 0 Å². The van der Waals surface area contributed by atoms with Crippen LogP contribution in [0, 0.1) is 5.92 Å². The summed E-state index contributed by atoms with van der Waals surface area (Å²) in [6.45, 7) is 6.32. The predicted molar refractivity (Wildman–Crippen MR) is 75.2 cm³/mol. The minimum atomic E-state index is -0.211. The summed E-state index contributed by atoms with van der Waals surface area (Å²) in [7, 11) is 1.40. The molecule has 114 valence electrons. The van der Waals surface area contributed by atoms with Gasteiger partial charge in [0.05, 0.1) is 13.7 Å². The van der Waals surface area contributed by atoms with Gasteiger partial charge in [0, 0.05) is 38.1 Å². The van der Waals surface area contributed by atoms with Gasteiger partial charge < -0.3 is 15.0 Å². The zero-order valence-electron chi connectivity index (χ0n) is 12.4. The van der Waals surface area contributed by atoms with Gasteiger partial charge in [0.25, 0.3) is 0 Å². The maximum atomic E-state index is 12.5. The lowest BCUT2D eigenvalue weighted by atomic mass is 9.92. The van der Waals surface area contributed by atoms with E-state index in [-0.39, 0.29) is 17.8 Å². The number of amides is 1. The van der Waals surface area contributed by atoms with Gasteiger partial charge >= 0.3 is 5.97 Å². The van der Waals surface area contributed by atoms with E-state index in [4.69, 9.17) is 0 Å². The molecule has 0 aromatic carbocycles. The summed E-state index contributed by atoms with van der Waals surface area (Å²) < 4.78 is 4.67. The Balaban J connectivity index is 1.78. The molecule has 0 aromatic heterocycles. The first-order valence-electron chi connectivity index (χ1n) is 7.41. The molecule has 2 unspecified atom stereocenters. The molecule has 0 saturated carbocycles. The molecule has 0 spiro atoms. The first-order chi connectivity index (χ1) is 9.60. The van der Waals surface area contributed by atoms with E-state index in [9.17, 15) is 9.59 Å². The topological polar surface area (TPSA) is 61.9 Å². The number of nitrogens with one attached hydrogen (secondary N) is 1. The lowest BCUT2D eigenvalue weighted by Gasteiger charge is -2.37. The number of esters is 1. The Morgan fingerprint density at radius 3 is 2.55 bits per heavy atom. The third kappa shape index (κ3) is 3.93. The van der Waals surface area contributed by atoms with Gasteiger partial charge in [-0.1, -0.05) is 0 Å². The zero-order valence-corrected chi connectivity index (χ0v) is 12.4. The van der Waals surface area contributed by atoms with Crippen molar-refractivity contribution < 1.29 is 14.3 Å². The first kappa shape index (κ1) is 15.3. The average Bonchev–Trinajstić information content (AvgIpc) is 2.47. The lowest BCUT2D eigenvalue weighted by Crippen LogP contribution is -2.52. The van der Waals surface area contributed by atoms with Crippen molar-refractivity contribution in [2.75, 3.05) is 46.4 Å². The average molecular weight is 283 g/mol. The van der Waals surface area contributed by atoms with Crippen molar-refractivity contribution in [3.05, 3.63) is 0 Å². The van der Waals surface area contributed by atoms with E-state index in [1.807, 2.05) is 9.80 Å². The Labute approximate surface area is 120 Å². The van der Waals surface area contributed by atoms with Crippen molar-refractivity contribution in [2.24, 2.45) is 5.92 Å². The van der Waals surface area contributed by atoms with Crippen LogP contribution in [-0.2, 0) is 14.3 Å².